The van der Waals surface area contributed by atoms with Gasteiger partial charge in [0.05, 0.1) is 24.4 Å². The molecule has 1 fully saturated rings. The molecule has 3 rings (SSSR count). The SMILES string of the molecule is CN(CC1CNCCO1)c1nccc2occc12. The third kappa shape index (κ3) is 2.19. The molecule has 1 aliphatic heterocycles. The molecule has 1 saturated heterocycles. The van der Waals surface area contributed by atoms with Crippen LogP contribution in [0.15, 0.2) is 29.0 Å². The van der Waals surface area contributed by atoms with Crippen molar-refractivity contribution in [3.05, 3.63) is 24.6 Å². The number of pyridine rings is 1. The van der Waals surface area contributed by atoms with Gasteiger partial charge in [-0.15, -0.1) is 0 Å². The van der Waals surface area contributed by atoms with Crippen LogP contribution in [0.25, 0.3) is 11.0 Å². The van der Waals surface area contributed by atoms with Gasteiger partial charge in [-0.1, -0.05) is 0 Å². The van der Waals surface area contributed by atoms with Gasteiger partial charge in [-0.2, -0.15) is 0 Å². The van der Waals surface area contributed by atoms with Crippen LogP contribution in [-0.4, -0.2) is 44.4 Å². The molecule has 3 heterocycles. The molecule has 0 bridgehead atoms. The lowest BCUT2D eigenvalue weighted by molar-refractivity contribution is 0.0339. The lowest BCUT2D eigenvalue weighted by Crippen LogP contribution is -2.44. The van der Waals surface area contributed by atoms with Gasteiger partial charge in [0.15, 0.2) is 0 Å². The van der Waals surface area contributed by atoms with Crippen LogP contribution >= 0.6 is 0 Å². The van der Waals surface area contributed by atoms with Crippen molar-refractivity contribution in [2.24, 2.45) is 0 Å². The number of ether oxygens (including phenoxy) is 1. The molecule has 0 spiro atoms. The zero-order valence-corrected chi connectivity index (χ0v) is 10.4. The smallest absolute Gasteiger partial charge is 0.139 e. The van der Waals surface area contributed by atoms with Crippen molar-refractivity contribution >= 4 is 16.8 Å². The van der Waals surface area contributed by atoms with E-state index in [4.69, 9.17) is 9.15 Å². The highest BCUT2D eigenvalue weighted by Gasteiger charge is 2.17. The molecule has 0 aliphatic carbocycles. The summed E-state index contributed by atoms with van der Waals surface area (Å²) in [5.74, 6) is 0.940. The Labute approximate surface area is 106 Å². The van der Waals surface area contributed by atoms with Crippen LogP contribution in [0.2, 0.25) is 0 Å². The van der Waals surface area contributed by atoms with E-state index in [-0.39, 0.29) is 6.10 Å². The molecule has 0 aromatic carbocycles. The lowest BCUT2D eigenvalue weighted by Gasteiger charge is -2.28. The molecule has 1 atom stereocenters. The van der Waals surface area contributed by atoms with Crippen LogP contribution in [-0.2, 0) is 4.74 Å². The Balaban J connectivity index is 1.78. The van der Waals surface area contributed by atoms with Crippen molar-refractivity contribution in [1.82, 2.24) is 10.3 Å². The second kappa shape index (κ2) is 4.96. The molecule has 1 aliphatic rings. The second-order valence-electron chi connectivity index (χ2n) is 4.54. The van der Waals surface area contributed by atoms with Crippen molar-refractivity contribution in [2.45, 2.75) is 6.10 Å². The molecule has 1 N–H and O–H groups in total. The number of morpholine rings is 1. The first-order valence-corrected chi connectivity index (χ1v) is 6.20. The van der Waals surface area contributed by atoms with Crippen molar-refractivity contribution in [3.8, 4) is 0 Å². The molecular formula is C13H17N3O2. The molecule has 5 nitrogen and oxygen atoms in total. The van der Waals surface area contributed by atoms with E-state index in [2.05, 4.69) is 15.2 Å². The van der Waals surface area contributed by atoms with Crippen LogP contribution in [0, 0.1) is 0 Å². The van der Waals surface area contributed by atoms with Gasteiger partial charge >= 0.3 is 0 Å². The van der Waals surface area contributed by atoms with Gasteiger partial charge in [0.1, 0.15) is 11.4 Å². The minimum atomic E-state index is 0.215. The normalized spacial score (nSPS) is 20.2. The Hall–Kier alpha value is -1.59. The molecule has 0 radical (unpaired) electrons. The zero-order chi connectivity index (χ0) is 12.4. The second-order valence-corrected chi connectivity index (χ2v) is 4.54. The monoisotopic (exact) mass is 247 g/mol. The fourth-order valence-electron chi connectivity index (χ4n) is 2.31. The van der Waals surface area contributed by atoms with Crippen molar-refractivity contribution < 1.29 is 9.15 Å². The van der Waals surface area contributed by atoms with Gasteiger partial charge < -0.3 is 19.4 Å². The number of nitrogens with zero attached hydrogens (tertiary/aromatic N) is 2. The van der Waals surface area contributed by atoms with Crippen LogP contribution in [0.1, 0.15) is 0 Å². The Kier molecular flexibility index (Phi) is 3.17. The standard InChI is InChI=1S/C13H17N3O2/c1-16(9-10-8-14-5-7-17-10)13-11-3-6-18-12(11)2-4-15-13/h2-4,6,10,14H,5,7-9H2,1H3. The van der Waals surface area contributed by atoms with Crippen LogP contribution < -0.4 is 10.2 Å². The number of hydrogen-bond acceptors (Lipinski definition) is 5. The lowest BCUT2D eigenvalue weighted by atomic mass is 10.2. The quantitative estimate of drug-likeness (QED) is 0.884. The number of aromatic nitrogens is 1. The summed E-state index contributed by atoms with van der Waals surface area (Å²) in [7, 11) is 2.03. The largest absolute Gasteiger partial charge is 0.464 e. The first kappa shape index (κ1) is 11.5. The van der Waals surface area contributed by atoms with E-state index in [0.717, 1.165) is 43.0 Å². The van der Waals surface area contributed by atoms with Gasteiger partial charge in [0.25, 0.3) is 0 Å². The van der Waals surface area contributed by atoms with Crippen molar-refractivity contribution in [2.75, 3.05) is 38.2 Å². The molecule has 5 heteroatoms. The number of fused-ring (bicyclic) bond motifs is 1. The third-order valence-electron chi connectivity index (χ3n) is 3.20. The molecule has 96 valence electrons. The highest BCUT2D eigenvalue weighted by molar-refractivity contribution is 5.88. The third-order valence-corrected chi connectivity index (χ3v) is 3.20. The summed E-state index contributed by atoms with van der Waals surface area (Å²) in [4.78, 5) is 6.56. The number of likely N-dealkylation sites (N-methyl/N-ethyl adjacent to an activating group) is 1. The fraction of sp³-hybridized carbons (Fsp3) is 0.462. The maximum absolute atomic E-state index is 5.71. The number of hydrogen-bond donors (Lipinski definition) is 1. The van der Waals surface area contributed by atoms with E-state index in [1.54, 1.807) is 12.5 Å². The summed E-state index contributed by atoms with van der Waals surface area (Å²) in [5, 5.41) is 4.38. The van der Waals surface area contributed by atoms with Gasteiger partial charge in [-0.3, -0.25) is 0 Å². The zero-order valence-electron chi connectivity index (χ0n) is 10.4. The Morgan fingerprint density at radius 1 is 1.50 bits per heavy atom. The topological polar surface area (TPSA) is 50.5 Å². The summed E-state index contributed by atoms with van der Waals surface area (Å²) in [6, 6.07) is 3.83. The minimum absolute atomic E-state index is 0.215. The molecule has 0 amide bonds. The number of rotatable bonds is 3. The Morgan fingerprint density at radius 2 is 2.44 bits per heavy atom. The predicted octanol–water partition coefficient (Wildman–Crippen LogP) is 1.25. The van der Waals surface area contributed by atoms with Gasteiger partial charge in [0.2, 0.25) is 0 Å². The Bertz CT molecular complexity index is 520. The molecule has 0 saturated carbocycles. The molecule has 1 unspecified atom stereocenters. The van der Waals surface area contributed by atoms with Gasteiger partial charge in [-0.25, -0.2) is 4.98 Å². The summed E-state index contributed by atoms with van der Waals surface area (Å²) in [6.07, 6.45) is 3.69. The summed E-state index contributed by atoms with van der Waals surface area (Å²) in [5.41, 5.74) is 0.870. The maximum atomic E-state index is 5.71. The van der Waals surface area contributed by atoms with Crippen LogP contribution in [0.4, 0.5) is 5.82 Å². The van der Waals surface area contributed by atoms with Crippen LogP contribution in [0.5, 0.6) is 0 Å². The predicted molar refractivity (Wildman–Crippen MR) is 69.9 cm³/mol. The van der Waals surface area contributed by atoms with E-state index in [1.165, 1.54) is 0 Å². The van der Waals surface area contributed by atoms with E-state index in [1.807, 2.05) is 19.2 Å². The molecule has 2 aromatic heterocycles. The molecule has 18 heavy (non-hydrogen) atoms. The van der Waals surface area contributed by atoms with E-state index in [9.17, 15) is 0 Å². The van der Waals surface area contributed by atoms with E-state index < -0.39 is 0 Å². The number of furan rings is 1. The highest BCUT2D eigenvalue weighted by atomic mass is 16.5. The van der Waals surface area contributed by atoms with Crippen LogP contribution in [0.3, 0.4) is 0 Å². The van der Waals surface area contributed by atoms with E-state index >= 15 is 0 Å². The van der Waals surface area contributed by atoms with Gasteiger partial charge in [0, 0.05) is 32.9 Å². The fourth-order valence-corrected chi connectivity index (χ4v) is 2.31. The van der Waals surface area contributed by atoms with Crippen molar-refractivity contribution in [3.63, 3.8) is 0 Å². The van der Waals surface area contributed by atoms with E-state index in [0.29, 0.717) is 0 Å². The summed E-state index contributed by atoms with van der Waals surface area (Å²) in [6.45, 7) is 3.44. The highest BCUT2D eigenvalue weighted by Crippen LogP contribution is 2.24. The first-order valence-electron chi connectivity index (χ1n) is 6.20. The molecule has 2 aromatic rings. The van der Waals surface area contributed by atoms with Crippen molar-refractivity contribution in [1.29, 1.82) is 0 Å². The summed E-state index contributed by atoms with van der Waals surface area (Å²) < 4.78 is 11.1. The number of anilines is 1. The first-order chi connectivity index (χ1) is 8.84. The number of nitrogens with one attached hydrogen (secondary N) is 1. The van der Waals surface area contributed by atoms with Gasteiger partial charge in [-0.05, 0) is 12.1 Å². The Morgan fingerprint density at radius 3 is 3.28 bits per heavy atom. The maximum Gasteiger partial charge on any atom is 0.139 e. The molecular weight excluding hydrogens is 230 g/mol. The average Bonchev–Trinajstić information content (AvgIpc) is 2.87. The summed E-state index contributed by atoms with van der Waals surface area (Å²) >= 11 is 0. The minimum Gasteiger partial charge on any atom is -0.464 e. The average molecular weight is 247 g/mol.